The van der Waals surface area contributed by atoms with E-state index in [9.17, 15) is 13.2 Å². The van der Waals surface area contributed by atoms with Gasteiger partial charge in [-0.05, 0) is 0 Å². The zero-order valence-corrected chi connectivity index (χ0v) is 7.25. The van der Waals surface area contributed by atoms with Gasteiger partial charge >= 0.3 is 6.18 Å². The predicted molar refractivity (Wildman–Crippen MR) is 40.7 cm³/mol. The summed E-state index contributed by atoms with van der Waals surface area (Å²) in [6.45, 7) is 0.331. The first-order chi connectivity index (χ1) is 4.93. The molecule has 0 aliphatic rings. The van der Waals surface area contributed by atoms with Crippen LogP contribution in [0.5, 0.6) is 0 Å². The average Bonchev–Trinajstić information content (AvgIpc) is 1.88. The molecule has 4 N–H and O–H groups in total. The van der Waals surface area contributed by atoms with Gasteiger partial charge in [-0.2, -0.15) is 13.2 Å². The molecule has 0 rings (SSSR count). The molecule has 0 aliphatic heterocycles. The highest BCUT2D eigenvalue weighted by atomic mass is 35.5. The fourth-order valence-corrected chi connectivity index (χ4v) is 0.583. The number of aliphatic hydroxyl groups is 1. The SMILES string of the molecule is C[C@@H]([C@@H](CO)NN)C(F)(F)F.Cl. The van der Waals surface area contributed by atoms with Gasteiger partial charge in [0.05, 0.1) is 18.6 Å². The van der Waals surface area contributed by atoms with Crippen molar-refractivity contribution in [2.75, 3.05) is 6.61 Å². The van der Waals surface area contributed by atoms with Crippen molar-refractivity contribution in [1.29, 1.82) is 0 Å². The van der Waals surface area contributed by atoms with Crippen LogP contribution in [0.1, 0.15) is 6.92 Å². The van der Waals surface area contributed by atoms with E-state index in [4.69, 9.17) is 10.9 Å². The van der Waals surface area contributed by atoms with Gasteiger partial charge in [-0.1, -0.05) is 6.92 Å². The maximum atomic E-state index is 11.9. The molecule has 0 aliphatic carbocycles. The molecule has 0 fully saturated rings. The summed E-state index contributed by atoms with van der Waals surface area (Å²) >= 11 is 0. The normalized spacial score (nSPS) is 16.5. The third kappa shape index (κ3) is 4.10. The Labute approximate surface area is 74.5 Å². The second-order valence-corrected chi connectivity index (χ2v) is 2.29. The summed E-state index contributed by atoms with van der Waals surface area (Å²) in [4.78, 5) is 0. The fourth-order valence-electron chi connectivity index (χ4n) is 0.583. The van der Waals surface area contributed by atoms with Crippen LogP contribution in [-0.2, 0) is 0 Å². The van der Waals surface area contributed by atoms with E-state index in [0.29, 0.717) is 0 Å². The average molecular weight is 209 g/mol. The van der Waals surface area contributed by atoms with Crippen LogP contribution < -0.4 is 11.3 Å². The fraction of sp³-hybridized carbons (Fsp3) is 1.00. The molecule has 12 heavy (non-hydrogen) atoms. The Hall–Kier alpha value is -0.0400. The van der Waals surface area contributed by atoms with Crippen molar-refractivity contribution in [3.05, 3.63) is 0 Å². The third-order valence-corrected chi connectivity index (χ3v) is 1.53. The minimum Gasteiger partial charge on any atom is -0.395 e. The molecule has 0 aromatic carbocycles. The van der Waals surface area contributed by atoms with Crippen LogP contribution in [0.15, 0.2) is 0 Å². The standard InChI is InChI=1S/C5H11F3N2O.ClH/c1-3(5(6,7)8)4(2-11)10-9;/h3-4,10-11H,2,9H2,1H3;1H/t3-,4+;/m0./s1. The van der Waals surface area contributed by atoms with Gasteiger partial charge in [-0.25, -0.2) is 0 Å². The lowest BCUT2D eigenvalue weighted by Crippen LogP contribution is -2.47. The minimum absolute atomic E-state index is 0. The molecule has 0 bridgehead atoms. The van der Waals surface area contributed by atoms with E-state index in [2.05, 4.69) is 0 Å². The summed E-state index contributed by atoms with van der Waals surface area (Å²) in [5.74, 6) is 3.13. The van der Waals surface area contributed by atoms with E-state index >= 15 is 0 Å². The largest absolute Gasteiger partial charge is 0.395 e. The minimum atomic E-state index is -4.32. The second-order valence-electron chi connectivity index (χ2n) is 2.29. The molecule has 2 atom stereocenters. The van der Waals surface area contributed by atoms with Crippen molar-refractivity contribution in [2.45, 2.75) is 19.1 Å². The number of alkyl halides is 3. The first kappa shape index (κ1) is 14.5. The molecule has 0 unspecified atom stereocenters. The van der Waals surface area contributed by atoms with Gasteiger partial charge in [-0.15, -0.1) is 12.4 Å². The zero-order chi connectivity index (χ0) is 9.07. The molecular weight excluding hydrogens is 197 g/mol. The number of hydrogen-bond acceptors (Lipinski definition) is 3. The van der Waals surface area contributed by atoms with E-state index in [1.165, 1.54) is 0 Å². The first-order valence-electron chi connectivity index (χ1n) is 3.07. The monoisotopic (exact) mass is 208 g/mol. The highest BCUT2D eigenvalue weighted by Crippen LogP contribution is 2.27. The van der Waals surface area contributed by atoms with Crippen molar-refractivity contribution < 1.29 is 18.3 Å². The molecule has 0 aromatic heterocycles. The van der Waals surface area contributed by atoms with E-state index in [-0.39, 0.29) is 12.4 Å². The molecule has 0 saturated heterocycles. The molecule has 0 amide bonds. The Kier molecular flexibility index (Phi) is 6.73. The molecule has 3 nitrogen and oxygen atoms in total. The van der Waals surface area contributed by atoms with Crippen LogP contribution in [0.3, 0.4) is 0 Å². The summed E-state index contributed by atoms with van der Waals surface area (Å²) < 4.78 is 35.6. The Morgan fingerprint density at radius 2 is 1.92 bits per heavy atom. The van der Waals surface area contributed by atoms with Crippen molar-refractivity contribution >= 4 is 12.4 Å². The van der Waals surface area contributed by atoms with E-state index < -0.39 is 24.7 Å². The molecular formula is C5H12ClF3N2O. The van der Waals surface area contributed by atoms with Crippen LogP contribution in [-0.4, -0.2) is 23.9 Å². The lowest BCUT2D eigenvalue weighted by Gasteiger charge is -2.23. The van der Waals surface area contributed by atoms with Gasteiger partial charge < -0.3 is 5.11 Å². The van der Waals surface area contributed by atoms with Gasteiger partial charge in [0.25, 0.3) is 0 Å². The van der Waals surface area contributed by atoms with Gasteiger partial charge in [0.1, 0.15) is 0 Å². The van der Waals surface area contributed by atoms with E-state index in [0.717, 1.165) is 6.92 Å². The Morgan fingerprint density at radius 1 is 1.50 bits per heavy atom. The molecule has 76 valence electrons. The first-order valence-corrected chi connectivity index (χ1v) is 3.07. The van der Waals surface area contributed by atoms with Crippen molar-refractivity contribution in [2.24, 2.45) is 11.8 Å². The summed E-state index contributed by atoms with van der Waals surface area (Å²) in [5.41, 5.74) is 1.89. The van der Waals surface area contributed by atoms with E-state index in [1.807, 2.05) is 5.43 Å². The molecule has 0 saturated carbocycles. The maximum Gasteiger partial charge on any atom is 0.393 e. The van der Waals surface area contributed by atoms with Crippen LogP contribution in [0.25, 0.3) is 0 Å². The molecule has 0 aromatic rings. The van der Waals surface area contributed by atoms with Gasteiger partial charge in [0.15, 0.2) is 0 Å². The number of halogens is 4. The van der Waals surface area contributed by atoms with Crippen molar-refractivity contribution in [3.63, 3.8) is 0 Å². The second kappa shape index (κ2) is 5.58. The smallest absolute Gasteiger partial charge is 0.393 e. The third-order valence-electron chi connectivity index (χ3n) is 1.53. The van der Waals surface area contributed by atoms with Crippen LogP contribution in [0.2, 0.25) is 0 Å². The summed E-state index contributed by atoms with van der Waals surface area (Å²) in [6.07, 6.45) is -4.32. The van der Waals surface area contributed by atoms with Gasteiger partial charge in [0.2, 0.25) is 0 Å². The Bertz CT molecular complexity index is 118. The summed E-state index contributed by atoms with van der Waals surface area (Å²) in [5, 5.41) is 8.42. The predicted octanol–water partition coefficient (Wildman–Crippen LogP) is 0.431. The molecule has 0 heterocycles. The van der Waals surface area contributed by atoms with Gasteiger partial charge in [0, 0.05) is 0 Å². The number of hydrogen-bond donors (Lipinski definition) is 3. The highest BCUT2D eigenvalue weighted by molar-refractivity contribution is 5.85. The Morgan fingerprint density at radius 3 is 2.00 bits per heavy atom. The highest BCUT2D eigenvalue weighted by Gasteiger charge is 2.40. The number of nitrogens with one attached hydrogen (secondary N) is 1. The molecule has 0 radical (unpaired) electrons. The van der Waals surface area contributed by atoms with Crippen LogP contribution in [0.4, 0.5) is 13.2 Å². The number of rotatable bonds is 3. The summed E-state index contributed by atoms with van der Waals surface area (Å²) in [7, 11) is 0. The quantitative estimate of drug-likeness (QED) is 0.466. The maximum absolute atomic E-state index is 11.9. The van der Waals surface area contributed by atoms with E-state index in [1.54, 1.807) is 0 Å². The van der Waals surface area contributed by atoms with Gasteiger partial charge in [-0.3, -0.25) is 11.3 Å². The number of nitrogens with two attached hydrogens (primary N) is 1. The number of aliphatic hydroxyl groups excluding tert-OH is 1. The topological polar surface area (TPSA) is 58.3 Å². The molecule has 7 heteroatoms. The lowest BCUT2D eigenvalue weighted by atomic mass is 10.0. The molecule has 0 spiro atoms. The Balaban J connectivity index is 0. The lowest BCUT2D eigenvalue weighted by molar-refractivity contribution is -0.179. The van der Waals surface area contributed by atoms with Crippen LogP contribution in [0, 0.1) is 5.92 Å². The zero-order valence-electron chi connectivity index (χ0n) is 6.43. The van der Waals surface area contributed by atoms with Crippen molar-refractivity contribution in [1.82, 2.24) is 5.43 Å². The number of hydrazine groups is 1. The van der Waals surface area contributed by atoms with Crippen LogP contribution >= 0.6 is 12.4 Å². The summed E-state index contributed by atoms with van der Waals surface area (Å²) in [6, 6.07) is -1.13. The van der Waals surface area contributed by atoms with Crippen molar-refractivity contribution in [3.8, 4) is 0 Å².